The van der Waals surface area contributed by atoms with Crippen molar-refractivity contribution >= 4 is 11.3 Å². The second-order valence-corrected chi connectivity index (χ2v) is 7.03. The molecule has 23 heavy (non-hydrogen) atoms. The minimum atomic E-state index is 0.143. The summed E-state index contributed by atoms with van der Waals surface area (Å²) in [6.45, 7) is 2.97. The molecule has 2 N–H and O–H groups in total. The molecule has 5 heteroatoms. The van der Waals surface area contributed by atoms with E-state index >= 15 is 0 Å². The van der Waals surface area contributed by atoms with Crippen LogP contribution in [0.4, 0.5) is 0 Å². The van der Waals surface area contributed by atoms with Gasteiger partial charge < -0.3 is 5.32 Å². The number of rotatable bonds is 5. The number of benzene rings is 1. The van der Waals surface area contributed by atoms with Crippen molar-refractivity contribution in [3.05, 3.63) is 58.2 Å². The molecule has 3 aromatic rings. The summed E-state index contributed by atoms with van der Waals surface area (Å²) in [6.07, 6.45) is 3.76. The summed E-state index contributed by atoms with van der Waals surface area (Å²) in [5, 5.41) is 12.9. The summed E-state index contributed by atoms with van der Waals surface area (Å²) in [7, 11) is 0. The van der Waals surface area contributed by atoms with E-state index in [2.05, 4.69) is 45.6 Å². The molecule has 0 fully saturated rings. The number of nitrogens with one attached hydrogen (secondary N) is 2. The van der Waals surface area contributed by atoms with Crippen LogP contribution < -0.4 is 5.32 Å². The molecular weight excluding hydrogens is 304 g/mol. The van der Waals surface area contributed by atoms with Crippen LogP contribution in [0.15, 0.2) is 35.7 Å². The van der Waals surface area contributed by atoms with E-state index in [1.54, 1.807) is 11.3 Å². The first-order valence-corrected chi connectivity index (χ1v) is 8.98. The number of nitrogens with zero attached hydrogens (tertiary/aromatic N) is 2. The standard InChI is InChI=1S/C18H20N4S/c1-12(17-20-18(22-21-17)16-6-3-9-23-16)19-11-13-7-8-14-4-2-5-15(14)10-13/h3,6-10,12,19H,2,4-5,11H2,1H3,(H,20,21,22). The van der Waals surface area contributed by atoms with Crippen molar-refractivity contribution in [2.45, 2.75) is 38.8 Å². The van der Waals surface area contributed by atoms with Gasteiger partial charge in [-0.3, -0.25) is 5.10 Å². The molecule has 0 bridgehead atoms. The smallest absolute Gasteiger partial charge is 0.191 e. The SMILES string of the molecule is CC(NCc1ccc2c(c1)CCC2)c1nc(-c2cccs2)n[nH]1. The van der Waals surface area contributed by atoms with E-state index in [0.717, 1.165) is 23.1 Å². The molecule has 0 amide bonds. The first-order valence-electron chi connectivity index (χ1n) is 8.10. The zero-order valence-electron chi connectivity index (χ0n) is 13.2. The Morgan fingerprint density at radius 2 is 2.17 bits per heavy atom. The molecule has 4 rings (SSSR count). The third kappa shape index (κ3) is 3.07. The van der Waals surface area contributed by atoms with Crippen LogP contribution in [0.1, 0.15) is 41.9 Å². The van der Waals surface area contributed by atoms with Crippen LogP contribution in [0.25, 0.3) is 10.7 Å². The van der Waals surface area contributed by atoms with Crippen LogP contribution in [0.5, 0.6) is 0 Å². The van der Waals surface area contributed by atoms with Gasteiger partial charge in [0.15, 0.2) is 5.82 Å². The summed E-state index contributed by atoms with van der Waals surface area (Å²) >= 11 is 1.66. The van der Waals surface area contributed by atoms with E-state index < -0.39 is 0 Å². The predicted molar refractivity (Wildman–Crippen MR) is 93.4 cm³/mol. The molecule has 0 aliphatic heterocycles. The van der Waals surface area contributed by atoms with Crippen LogP contribution in [0.2, 0.25) is 0 Å². The highest BCUT2D eigenvalue weighted by Crippen LogP contribution is 2.24. The van der Waals surface area contributed by atoms with Gasteiger partial charge in [-0.25, -0.2) is 4.98 Å². The van der Waals surface area contributed by atoms with E-state index in [1.165, 1.54) is 36.0 Å². The number of hydrogen-bond donors (Lipinski definition) is 2. The third-order valence-electron chi connectivity index (χ3n) is 4.43. The lowest BCUT2D eigenvalue weighted by Gasteiger charge is -2.11. The lowest BCUT2D eigenvalue weighted by atomic mass is 10.1. The Balaban J connectivity index is 1.41. The summed E-state index contributed by atoms with van der Waals surface area (Å²) < 4.78 is 0. The molecule has 118 valence electrons. The average Bonchev–Trinajstić information content (AvgIpc) is 3.32. The first-order chi connectivity index (χ1) is 11.3. The number of aryl methyl sites for hydroxylation is 2. The molecule has 0 saturated carbocycles. The second kappa shape index (κ2) is 6.26. The first kappa shape index (κ1) is 14.6. The van der Waals surface area contributed by atoms with E-state index in [-0.39, 0.29) is 6.04 Å². The number of H-pyrrole nitrogens is 1. The molecule has 1 unspecified atom stereocenters. The molecule has 1 atom stereocenters. The van der Waals surface area contributed by atoms with Gasteiger partial charge in [-0.1, -0.05) is 24.3 Å². The molecule has 0 saturated heterocycles. The molecular formula is C18H20N4S. The fourth-order valence-corrected chi connectivity index (χ4v) is 3.74. The van der Waals surface area contributed by atoms with Crippen molar-refractivity contribution in [2.75, 3.05) is 0 Å². The van der Waals surface area contributed by atoms with E-state index in [1.807, 2.05) is 17.5 Å². The van der Waals surface area contributed by atoms with Gasteiger partial charge in [0.2, 0.25) is 0 Å². The summed E-state index contributed by atoms with van der Waals surface area (Å²) in [5.74, 6) is 1.66. The molecule has 1 aliphatic rings. The Morgan fingerprint density at radius 3 is 3.04 bits per heavy atom. The number of aromatic amines is 1. The Bertz CT molecular complexity index is 791. The van der Waals surface area contributed by atoms with Gasteiger partial charge in [0.25, 0.3) is 0 Å². The van der Waals surface area contributed by atoms with Crippen molar-refractivity contribution < 1.29 is 0 Å². The maximum Gasteiger partial charge on any atom is 0.191 e. The fourth-order valence-electron chi connectivity index (χ4n) is 3.09. The molecule has 0 radical (unpaired) electrons. The molecule has 4 nitrogen and oxygen atoms in total. The van der Waals surface area contributed by atoms with E-state index in [0.29, 0.717) is 0 Å². The van der Waals surface area contributed by atoms with Crippen LogP contribution in [0, 0.1) is 0 Å². The molecule has 1 aliphatic carbocycles. The highest BCUT2D eigenvalue weighted by atomic mass is 32.1. The number of fused-ring (bicyclic) bond motifs is 1. The average molecular weight is 324 g/mol. The summed E-state index contributed by atoms with van der Waals surface area (Å²) in [6, 6.07) is 11.1. The minimum Gasteiger partial charge on any atom is -0.303 e. The van der Waals surface area contributed by atoms with Crippen molar-refractivity contribution in [3.8, 4) is 10.7 Å². The zero-order valence-corrected chi connectivity index (χ0v) is 14.0. The van der Waals surface area contributed by atoms with Crippen molar-refractivity contribution in [2.24, 2.45) is 0 Å². The second-order valence-electron chi connectivity index (χ2n) is 6.08. The quantitative estimate of drug-likeness (QED) is 0.749. The van der Waals surface area contributed by atoms with Gasteiger partial charge in [0.1, 0.15) is 5.82 Å². The molecule has 1 aromatic carbocycles. The maximum absolute atomic E-state index is 4.60. The van der Waals surface area contributed by atoms with Gasteiger partial charge in [0.05, 0.1) is 10.9 Å². The van der Waals surface area contributed by atoms with Gasteiger partial charge in [-0.15, -0.1) is 11.3 Å². The Morgan fingerprint density at radius 1 is 1.26 bits per heavy atom. The Labute approximate surface area is 140 Å². The number of hydrogen-bond acceptors (Lipinski definition) is 4. The Hall–Kier alpha value is -1.98. The Kier molecular flexibility index (Phi) is 3.97. The normalized spacial score (nSPS) is 14.8. The van der Waals surface area contributed by atoms with Crippen molar-refractivity contribution in [3.63, 3.8) is 0 Å². The third-order valence-corrected chi connectivity index (χ3v) is 5.30. The maximum atomic E-state index is 4.60. The van der Waals surface area contributed by atoms with Crippen LogP contribution in [-0.4, -0.2) is 15.2 Å². The summed E-state index contributed by atoms with van der Waals surface area (Å²) in [4.78, 5) is 5.70. The van der Waals surface area contributed by atoms with Gasteiger partial charge >= 0.3 is 0 Å². The predicted octanol–water partition coefficient (Wildman–Crippen LogP) is 3.87. The highest BCUT2D eigenvalue weighted by molar-refractivity contribution is 7.13. The summed E-state index contributed by atoms with van der Waals surface area (Å²) in [5.41, 5.74) is 4.39. The van der Waals surface area contributed by atoms with E-state index in [4.69, 9.17) is 0 Å². The molecule has 2 aromatic heterocycles. The van der Waals surface area contributed by atoms with Gasteiger partial charge in [0, 0.05) is 6.54 Å². The lowest BCUT2D eigenvalue weighted by molar-refractivity contribution is 0.548. The number of thiophene rings is 1. The highest BCUT2D eigenvalue weighted by Gasteiger charge is 2.14. The largest absolute Gasteiger partial charge is 0.303 e. The number of aromatic nitrogens is 3. The van der Waals surface area contributed by atoms with Gasteiger partial charge in [-0.2, -0.15) is 5.10 Å². The van der Waals surface area contributed by atoms with Crippen molar-refractivity contribution in [1.29, 1.82) is 0 Å². The van der Waals surface area contributed by atoms with Crippen molar-refractivity contribution in [1.82, 2.24) is 20.5 Å². The lowest BCUT2D eigenvalue weighted by Crippen LogP contribution is -2.19. The van der Waals surface area contributed by atoms with Gasteiger partial charge in [-0.05, 0) is 54.3 Å². The van der Waals surface area contributed by atoms with Crippen LogP contribution >= 0.6 is 11.3 Å². The molecule has 2 heterocycles. The minimum absolute atomic E-state index is 0.143. The molecule has 0 spiro atoms. The monoisotopic (exact) mass is 324 g/mol. The fraction of sp³-hybridized carbons (Fsp3) is 0.333. The topological polar surface area (TPSA) is 53.6 Å². The zero-order chi connectivity index (χ0) is 15.6. The van der Waals surface area contributed by atoms with Crippen LogP contribution in [0.3, 0.4) is 0 Å². The van der Waals surface area contributed by atoms with Crippen LogP contribution in [-0.2, 0) is 19.4 Å². The van der Waals surface area contributed by atoms with E-state index in [9.17, 15) is 0 Å².